The molecule has 4 nitrogen and oxygen atoms in total. The lowest BCUT2D eigenvalue weighted by Crippen LogP contribution is -2.32. The molecule has 2 N–H and O–H groups in total. The van der Waals surface area contributed by atoms with Crippen molar-refractivity contribution in [2.75, 3.05) is 17.2 Å². The van der Waals surface area contributed by atoms with Gasteiger partial charge >= 0.3 is 6.18 Å². The minimum Gasteiger partial charge on any atom is -0.493 e. The first-order chi connectivity index (χ1) is 11.8. The smallest absolute Gasteiger partial charge is 0.418 e. The minimum absolute atomic E-state index is 0.254. The highest BCUT2D eigenvalue weighted by molar-refractivity contribution is 5.97. The van der Waals surface area contributed by atoms with E-state index in [1.807, 2.05) is 12.1 Å². The number of ether oxygens (including phenoxy) is 1. The molecule has 1 atom stereocenters. The standard InChI is InChI=1S/C18H17F3N2O2/c1-11(22-13-6-7-16-12(10-13)8-9-25-16)17(24)23-15-5-3-2-4-14(15)18(19,20)21/h2-7,10-11,22H,8-9H2,1H3,(H,23,24)/t11-/m0/s1. The van der Waals surface area contributed by atoms with Crippen molar-refractivity contribution in [3.05, 3.63) is 53.6 Å². The minimum atomic E-state index is -4.53. The fourth-order valence-electron chi connectivity index (χ4n) is 2.67. The van der Waals surface area contributed by atoms with E-state index in [1.54, 1.807) is 13.0 Å². The van der Waals surface area contributed by atoms with Gasteiger partial charge in [-0.15, -0.1) is 0 Å². The van der Waals surface area contributed by atoms with E-state index in [2.05, 4.69) is 10.6 Å². The highest BCUT2D eigenvalue weighted by atomic mass is 19.4. The molecule has 1 aliphatic heterocycles. The molecule has 0 saturated heterocycles. The van der Waals surface area contributed by atoms with Crippen LogP contribution in [0.4, 0.5) is 24.5 Å². The lowest BCUT2D eigenvalue weighted by Gasteiger charge is -2.18. The second-order valence-electron chi connectivity index (χ2n) is 5.82. The largest absolute Gasteiger partial charge is 0.493 e. The molecule has 1 aliphatic rings. The molecule has 0 aromatic heterocycles. The topological polar surface area (TPSA) is 50.4 Å². The Kier molecular flexibility index (Phi) is 4.57. The number of amides is 1. The Morgan fingerprint density at radius 2 is 1.96 bits per heavy atom. The third-order valence-electron chi connectivity index (χ3n) is 3.96. The number of fused-ring (bicyclic) bond motifs is 1. The van der Waals surface area contributed by atoms with Crippen LogP contribution in [0.5, 0.6) is 5.75 Å². The van der Waals surface area contributed by atoms with E-state index in [-0.39, 0.29) is 5.69 Å². The predicted molar refractivity (Wildman–Crippen MR) is 88.8 cm³/mol. The first-order valence-electron chi connectivity index (χ1n) is 7.84. The average Bonchev–Trinajstić information content (AvgIpc) is 3.02. The molecule has 0 fully saturated rings. The van der Waals surface area contributed by atoms with Gasteiger partial charge in [0.1, 0.15) is 11.8 Å². The van der Waals surface area contributed by atoms with Gasteiger partial charge in [0.05, 0.1) is 17.9 Å². The van der Waals surface area contributed by atoms with Crippen LogP contribution in [0.15, 0.2) is 42.5 Å². The van der Waals surface area contributed by atoms with Crippen LogP contribution in [0.1, 0.15) is 18.1 Å². The molecule has 0 unspecified atom stereocenters. The number of alkyl halides is 3. The van der Waals surface area contributed by atoms with E-state index < -0.39 is 23.7 Å². The van der Waals surface area contributed by atoms with E-state index in [9.17, 15) is 18.0 Å². The van der Waals surface area contributed by atoms with Crippen LogP contribution in [0.3, 0.4) is 0 Å². The molecule has 0 spiro atoms. The van der Waals surface area contributed by atoms with Gasteiger partial charge in [0.2, 0.25) is 5.91 Å². The Hall–Kier alpha value is -2.70. The van der Waals surface area contributed by atoms with Crippen LogP contribution in [-0.2, 0) is 17.4 Å². The fourth-order valence-corrected chi connectivity index (χ4v) is 2.67. The number of anilines is 2. The SMILES string of the molecule is C[C@H](Nc1ccc2c(c1)CCO2)C(=O)Nc1ccccc1C(F)(F)F. The van der Waals surface area contributed by atoms with Crippen molar-refractivity contribution in [3.8, 4) is 5.75 Å². The van der Waals surface area contributed by atoms with E-state index >= 15 is 0 Å². The third-order valence-corrected chi connectivity index (χ3v) is 3.96. The molecular weight excluding hydrogens is 333 g/mol. The van der Waals surface area contributed by atoms with Crippen LogP contribution in [-0.4, -0.2) is 18.6 Å². The van der Waals surface area contributed by atoms with Gasteiger partial charge in [-0.2, -0.15) is 13.2 Å². The van der Waals surface area contributed by atoms with Gasteiger partial charge < -0.3 is 15.4 Å². The molecule has 25 heavy (non-hydrogen) atoms. The van der Waals surface area contributed by atoms with Crippen molar-refractivity contribution in [3.63, 3.8) is 0 Å². The molecular formula is C18H17F3N2O2. The molecule has 0 saturated carbocycles. The molecule has 1 heterocycles. The maximum absolute atomic E-state index is 13.0. The zero-order valence-electron chi connectivity index (χ0n) is 13.5. The number of carbonyl (C=O) groups is 1. The number of rotatable bonds is 4. The van der Waals surface area contributed by atoms with E-state index in [0.29, 0.717) is 6.61 Å². The molecule has 0 radical (unpaired) electrons. The number of hydrogen-bond acceptors (Lipinski definition) is 3. The maximum atomic E-state index is 13.0. The summed E-state index contributed by atoms with van der Waals surface area (Å²) in [6.07, 6.45) is -3.73. The summed E-state index contributed by atoms with van der Waals surface area (Å²) < 4.78 is 44.4. The lowest BCUT2D eigenvalue weighted by atomic mass is 10.1. The Morgan fingerprint density at radius 1 is 1.20 bits per heavy atom. The zero-order chi connectivity index (χ0) is 18.0. The summed E-state index contributed by atoms with van der Waals surface area (Å²) in [6, 6.07) is 9.67. The first-order valence-corrected chi connectivity index (χ1v) is 7.84. The second-order valence-corrected chi connectivity index (χ2v) is 5.82. The summed E-state index contributed by atoms with van der Waals surface area (Å²) >= 11 is 0. The van der Waals surface area contributed by atoms with Crippen LogP contribution >= 0.6 is 0 Å². The number of carbonyl (C=O) groups excluding carboxylic acids is 1. The average molecular weight is 350 g/mol. The van der Waals surface area contributed by atoms with Crippen molar-refractivity contribution >= 4 is 17.3 Å². The van der Waals surface area contributed by atoms with Crippen LogP contribution < -0.4 is 15.4 Å². The van der Waals surface area contributed by atoms with Gasteiger partial charge in [0, 0.05) is 12.1 Å². The number of benzene rings is 2. The van der Waals surface area contributed by atoms with Crippen LogP contribution in [0.2, 0.25) is 0 Å². The Bertz CT molecular complexity index is 790. The lowest BCUT2D eigenvalue weighted by molar-refractivity contribution is -0.137. The highest BCUT2D eigenvalue weighted by Crippen LogP contribution is 2.34. The van der Waals surface area contributed by atoms with Gasteiger partial charge in [-0.05, 0) is 42.8 Å². The number of nitrogens with one attached hydrogen (secondary N) is 2. The summed E-state index contributed by atoms with van der Waals surface area (Å²) in [5.74, 6) is 0.273. The summed E-state index contributed by atoms with van der Waals surface area (Å²) in [7, 11) is 0. The predicted octanol–water partition coefficient (Wildman–Crippen LogP) is 4.08. The molecule has 3 rings (SSSR count). The quantitative estimate of drug-likeness (QED) is 0.874. The summed E-state index contributed by atoms with van der Waals surface area (Å²) in [5, 5.41) is 5.34. The number of hydrogen-bond donors (Lipinski definition) is 2. The number of para-hydroxylation sites is 1. The van der Waals surface area contributed by atoms with Gasteiger partial charge in [0.15, 0.2) is 0 Å². The third kappa shape index (κ3) is 3.87. The zero-order valence-corrected chi connectivity index (χ0v) is 13.5. The van der Waals surface area contributed by atoms with Gasteiger partial charge in [-0.1, -0.05) is 12.1 Å². The maximum Gasteiger partial charge on any atom is 0.418 e. The number of halogens is 3. The summed E-state index contributed by atoms with van der Waals surface area (Å²) in [4.78, 5) is 12.3. The van der Waals surface area contributed by atoms with E-state index in [1.165, 1.54) is 18.2 Å². The van der Waals surface area contributed by atoms with E-state index in [4.69, 9.17) is 4.74 Å². The van der Waals surface area contributed by atoms with Crippen molar-refractivity contribution in [2.45, 2.75) is 25.6 Å². The van der Waals surface area contributed by atoms with Crippen molar-refractivity contribution in [1.29, 1.82) is 0 Å². The first kappa shape index (κ1) is 17.1. The fraction of sp³-hybridized carbons (Fsp3) is 0.278. The van der Waals surface area contributed by atoms with Gasteiger partial charge in [-0.25, -0.2) is 0 Å². The Morgan fingerprint density at radius 3 is 2.72 bits per heavy atom. The van der Waals surface area contributed by atoms with Gasteiger partial charge in [0.25, 0.3) is 0 Å². The Balaban J connectivity index is 1.69. The summed E-state index contributed by atoms with van der Waals surface area (Å²) in [5.41, 5.74) is 0.636. The van der Waals surface area contributed by atoms with E-state index in [0.717, 1.165) is 29.5 Å². The van der Waals surface area contributed by atoms with Crippen molar-refractivity contribution in [1.82, 2.24) is 0 Å². The molecule has 132 valence electrons. The van der Waals surface area contributed by atoms with Crippen molar-refractivity contribution < 1.29 is 22.7 Å². The normalized spacial score (nSPS) is 14.4. The molecule has 0 aliphatic carbocycles. The monoisotopic (exact) mass is 350 g/mol. The van der Waals surface area contributed by atoms with Crippen LogP contribution in [0.25, 0.3) is 0 Å². The molecule has 0 bridgehead atoms. The molecule has 2 aromatic rings. The molecule has 1 amide bonds. The highest BCUT2D eigenvalue weighted by Gasteiger charge is 2.33. The summed E-state index contributed by atoms with van der Waals surface area (Å²) in [6.45, 7) is 2.22. The Labute approximate surface area is 143 Å². The molecule has 7 heteroatoms. The molecule has 2 aromatic carbocycles. The van der Waals surface area contributed by atoms with Crippen molar-refractivity contribution in [2.24, 2.45) is 0 Å². The van der Waals surface area contributed by atoms with Gasteiger partial charge in [-0.3, -0.25) is 4.79 Å². The second kappa shape index (κ2) is 6.66. The van der Waals surface area contributed by atoms with Crippen LogP contribution in [0, 0.1) is 0 Å².